The van der Waals surface area contributed by atoms with Gasteiger partial charge >= 0.3 is 5.97 Å². The number of hydrogen-bond acceptors (Lipinski definition) is 2. The summed E-state index contributed by atoms with van der Waals surface area (Å²) in [6, 6.07) is 16.1. The zero-order chi connectivity index (χ0) is 13.7. The highest BCUT2D eigenvalue weighted by Crippen LogP contribution is 2.30. The Morgan fingerprint density at radius 2 is 1.79 bits per heavy atom. The quantitative estimate of drug-likeness (QED) is 0.893. The Morgan fingerprint density at radius 3 is 2.42 bits per heavy atom. The Hall–Kier alpha value is -1.74. The fourth-order valence-corrected chi connectivity index (χ4v) is 2.78. The second-order valence-electron chi connectivity index (χ2n) is 4.28. The summed E-state index contributed by atoms with van der Waals surface area (Å²) in [5.41, 5.74) is 2.17. The van der Waals surface area contributed by atoms with Crippen LogP contribution in [-0.2, 0) is 17.6 Å². The number of hydrogen-bond donors (Lipinski definition) is 1. The minimum Gasteiger partial charge on any atom is -0.481 e. The Balaban J connectivity index is 2.19. The van der Waals surface area contributed by atoms with E-state index >= 15 is 0 Å². The van der Waals surface area contributed by atoms with Crippen molar-refractivity contribution < 1.29 is 9.90 Å². The Bertz CT molecular complexity index is 561. The van der Waals surface area contributed by atoms with Crippen LogP contribution in [0.5, 0.6) is 0 Å². The first-order valence-electron chi connectivity index (χ1n) is 6.25. The van der Waals surface area contributed by atoms with E-state index in [9.17, 15) is 4.79 Å². The van der Waals surface area contributed by atoms with Gasteiger partial charge in [0.1, 0.15) is 0 Å². The van der Waals surface area contributed by atoms with Crippen molar-refractivity contribution in [1.82, 2.24) is 0 Å². The van der Waals surface area contributed by atoms with E-state index in [0.717, 1.165) is 21.8 Å². The standard InChI is InChI=1S/C16H16O2S/c1-2-12-7-9-14(10-8-12)19-15-6-4-3-5-13(15)11-16(17)18/h3-10H,2,11H2,1H3,(H,17,18). The Morgan fingerprint density at radius 1 is 1.11 bits per heavy atom. The van der Waals surface area contributed by atoms with E-state index in [2.05, 4.69) is 31.2 Å². The van der Waals surface area contributed by atoms with Crippen molar-refractivity contribution in [2.75, 3.05) is 0 Å². The molecule has 0 aromatic heterocycles. The van der Waals surface area contributed by atoms with Gasteiger partial charge in [0.05, 0.1) is 6.42 Å². The van der Waals surface area contributed by atoms with Crippen molar-refractivity contribution >= 4 is 17.7 Å². The number of aryl methyl sites for hydroxylation is 1. The second kappa shape index (κ2) is 6.43. The maximum absolute atomic E-state index is 10.8. The molecule has 0 heterocycles. The highest BCUT2D eigenvalue weighted by Gasteiger charge is 2.07. The second-order valence-corrected chi connectivity index (χ2v) is 5.39. The van der Waals surface area contributed by atoms with E-state index in [1.165, 1.54) is 5.56 Å². The van der Waals surface area contributed by atoms with Crippen LogP contribution in [0.3, 0.4) is 0 Å². The number of rotatable bonds is 5. The average molecular weight is 272 g/mol. The third-order valence-corrected chi connectivity index (χ3v) is 4.00. The smallest absolute Gasteiger partial charge is 0.307 e. The Kier molecular flexibility index (Phi) is 4.63. The van der Waals surface area contributed by atoms with Gasteiger partial charge < -0.3 is 5.11 Å². The number of aliphatic carboxylic acids is 1. The molecule has 2 aromatic carbocycles. The topological polar surface area (TPSA) is 37.3 Å². The predicted molar refractivity (Wildman–Crippen MR) is 77.7 cm³/mol. The minimum atomic E-state index is -0.797. The lowest BCUT2D eigenvalue weighted by molar-refractivity contribution is -0.136. The van der Waals surface area contributed by atoms with Crippen molar-refractivity contribution in [3.63, 3.8) is 0 Å². The van der Waals surface area contributed by atoms with Crippen molar-refractivity contribution in [3.05, 3.63) is 59.7 Å². The molecule has 3 heteroatoms. The molecule has 0 unspecified atom stereocenters. The van der Waals surface area contributed by atoms with Crippen LogP contribution in [0.15, 0.2) is 58.3 Å². The van der Waals surface area contributed by atoms with Crippen molar-refractivity contribution in [2.24, 2.45) is 0 Å². The maximum atomic E-state index is 10.8. The van der Waals surface area contributed by atoms with Gasteiger partial charge in [-0.2, -0.15) is 0 Å². The van der Waals surface area contributed by atoms with Gasteiger partial charge in [0, 0.05) is 9.79 Å². The summed E-state index contributed by atoms with van der Waals surface area (Å²) in [5.74, 6) is -0.797. The van der Waals surface area contributed by atoms with Crippen LogP contribution in [0.4, 0.5) is 0 Å². The first-order valence-corrected chi connectivity index (χ1v) is 7.07. The third-order valence-electron chi connectivity index (χ3n) is 2.87. The van der Waals surface area contributed by atoms with Crippen molar-refractivity contribution in [1.29, 1.82) is 0 Å². The first-order chi connectivity index (χ1) is 9.19. The number of carbonyl (C=O) groups is 1. The molecule has 0 aliphatic rings. The average Bonchev–Trinajstić information content (AvgIpc) is 2.41. The molecule has 0 amide bonds. The van der Waals surface area contributed by atoms with Gasteiger partial charge in [-0.15, -0.1) is 0 Å². The molecule has 2 aromatic rings. The van der Waals surface area contributed by atoms with Crippen LogP contribution in [0.1, 0.15) is 18.1 Å². The molecule has 98 valence electrons. The van der Waals surface area contributed by atoms with Crippen LogP contribution in [0.2, 0.25) is 0 Å². The van der Waals surface area contributed by atoms with Gasteiger partial charge in [0.15, 0.2) is 0 Å². The lowest BCUT2D eigenvalue weighted by atomic mass is 10.1. The Labute approximate surface area is 117 Å². The monoisotopic (exact) mass is 272 g/mol. The van der Waals surface area contributed by atoms with Gasteiger partial charge in [-0.25, -0.2) is 0 Å². The number of carboxylic acids is 1. The summed E-state index contributed by atoms with van der Waals surface area (Å²) in [6.45, 7) is 2.13. The molecule has 0 aliphatic heterocycles. The van der Waals surface area contributed by atoms with Gasteiger partial charge in [-0.1, -0.05) is 49.0 Å². The van der Waals surface area contributed by atoms with Crippen LogP contribution >= 0.6 is 11.8 Å². The molecular formula is C16H16O2S. The summed E-state index contributed by atoms with van der Waals surface area (Å²) < 4.78 is 0. The van der Waals surface area contributed by atoms with Gasteiger partial charge in [0.2, 0.25) is 0 Å². The summed E-state index contributed by atoms with van der Waals surface area (Å²) in [6.07, 6.45) is 1.09. The molecule has 19 heavy (non-hydrogen) atoms. The highest BCUT2D eigenvalue weighted by molar-refractivity contribution is 7.99. The maximum Gasteiger partial charge on any atom is 0.307 e. The molecule has 0 bridgehead atoms. The van der Waals surface area contributed by atoms with Crippen molar-refractivity contribution in [2.45, 2.75) is 29.6 Å². The molecule has 2 rings (SSSR count). The lowest BCUT2D eigenvalue weighted by Gasteiger charge is -2.07. The first kappa shape index (κ1) is 13.7. The van der Waals surface area contributed by atoms with Gasteiger partial charge in [0.25, 0.3) is 0 Å². The van der Waals surface area contributed by atoms with Crippen molar-refractivity contribution in [3.8, 4) is 0 Å². The SMILES string of the molecule is CCc1ccc(Sc2ccccc2CC(=O)O)cc1. The summed E-state index contributed by atoms with van der Waals surface area (Å²) in [5, 5.41) is 8.92. The predicted octanol–water partition coefficient (Wildman–Crippen LogP) is 4.03. The van der Waals surface area contributed by atoms with E-state index in [-0.39, 0.29) is 6.42 Å². The van der Waals surface area contributed by atoms with E-state index in [0.29, 0.717) is 0 Å². The molecule has 0 saturated carbocycles. The normalized spacial score (nSPS) is 10.4. The third kappa shape index (κ3) is 3.86. The van der Waals surface area contributed by atoms with E-state index in [4.69, 9.17) is 5.11 Å². The van der Waals surface area contributed by atoms with E-state index in [1.807, 2.05) is 24.3 Å². The minimum absolute atomic E-state index is 0.0657. The van der Waals surface area contributed by atoms with E-state index in [1.54, 1.807) is 11.8 Å². The van der Waals surface area contributed by atoms with Crippen LogP contribution in [0.25, 0.3) is 0 Å². The number of carboxylic acid groups (broad SMARTS) is 1. The van der Waals surface area contributed by atoms with Crippen LogP contribution in [-0.4, -0.2) is 11.1 Å². The fraction of sp³-hybridized carbons (Fsp3) is 0.188. The molecule has 0 atom stereocenters. The summed E-state index contributed by atoms with van der Waals surface area (Å²) >= 11 is 1.61. The molecule has 0 fully saturated rings. The fourth-order valence-electron chi connectivity index (χ4n) is 1.83. The highest BCUT2D eigenvalue weighted by atomic mass is 32.2. The zero-order valence-electron chi connectivity index (χ0n) is 10.8. The van der Waals surface area contributed by atoms with Gasteiger partial charge in [-0.05, 0) is 35.7 Å². The molecular weight excluding hydrogens is 256 g/mol. The molecule has 1 N–H and O–H groups in total. The largest absolute Gasteiger partial charge is 0.481 e. The van der Waals surface area contributed by atoms with Crippen LogP contribution in [0, 0.1) is 0 Å². The summed E-state index contributed by atoms with van der Waals surface area (Å²) in [4.78, 5) is 13.0. The van der Waals surface area contributed by atoms with Gasteiger partial charge in [-0.3, -0.25) is 4.79 Å². The molecule has 2 nitrogen and oxygen atoms in total. The molecule has 0 aliphatic carbocycles. The zero-order valence-corrected chi connectivity index (χ0v) is 11.6. The lowest BCUT2D eigenvalue weighted by Crippen LogP contribution is -2.01. The van der Waals surface area contributed by atoms with E-state index < -0.39 is 5.97 Å². The molecule has 0 radical (unpaired) electrons. The molecule has 0 spiro atoms. The number of benzene rings is 2. The molecule has 0 saturated heterocycles. The van der Waals surface area contributed by atoms with Crippen LogP contribution < -0.4 is 0 Å². The summed E-state index contributed by atoms with van der Waals surface area (Å²) in [7, 11) is 0.